The Morgan fingerprint density at radius 3 is 1.23 bits per heavy atom. The summed E-state index contributed by atoms with van der Waals surface area (Å²) in [5.41, 5.74) is -4.87. The zero-order valence-electron chi connectivity index (χ0n) is 17.7. The van der Waals surface area contributed by atoms with Crippen molar-refractivity contribution in [3.63, 3.8) is 0 Å². The van der Waals surface area contributed by atoms with E-state index in [1.807, 2.05) is 0 Å². The average Bonchev–Trinajstić information content (AvgIpc) is 2.57. The van der Waals surface area contributed by atoms with Gasteiger partial charge in [-0.3, -0.25) is 0 Å². The molecule has 0 radical (unpaired) electrons. The molecule has 0 atom stereocenters. The van der Waals surface area contributed by atoms with Gasteiger partial charge in [-0.1, -0.05) is 74.1 Å². The fraction of sp³-hybridized carbons (Fsp3) is 0.474. The van der Waals surface area contributed by atoms with E-state index in [2.05, 4.69) is 21.3 Å². The molecule has 2 N–H and O–H groups in total. The number of rotatable bonds is 0. The van der Waals surface area contributed by atoms with E-state index in [-0.39, 0.29) is 44.0 Å². The molecular formula is C19H22Cl2FeN4O5. The van der Waals surface area contributed by atoms with E-state index in [4.69, 9.17) is 23.2 Å². The van der Waals surface area contributed by atoms with Crippen LogP contribution in [0.25, 0.3) is 21.3 Å². The van der Waals surface area contributed by atoms with Crippen LogP contribution in [0.5, 0.6) is 0 Å². The van der Waals surface area contributed by atoms with Crippen LogP contribution in [0, 0.1) is 5.41 Å². The third-order valence-corrected chi connectivity index (χ3v) is 5.06. The van der Waals surface area contributed by atoms with Crippen molar-refractivity contribution < 1.29 is 41.7 Å². The van der Waals surface area contributed by atoms with Gasteiger partial charge in [-0.15, -0.1) is 11.4 Å². The van der Waals surface area contributed by atoms with Crippen molar-refractivity contribution >= 4 is 58.2 Å². The molecule has 31 heavy (non-hydrogen) atoms. The Balaban J connectivity index is 0.00000450. The molecular weight excluding hydrogens is 491 g/mol. The molecule has 1 aliphatic heterocycles. The first-order valence-electron chi connectivity index (χ1n) is 8.64. The van der Waals surface area contributed by atoms with Gasteiger partial charge < -0.3 is 45.9 Å². The summed E-state index contributed by atoms with van der Waals surface area (Å²) in [5.74, 6) is -3.28. The standard InChI is InChI=1S/C19H24Cl2N4O4.Fe.H2O/c1-17(2)13(26)24-18(3,4)15(28)22-11-7-9(20)10(21)8-12(11)23-16(29)19(5,6)25-14(17)27;;/h7-8H,1-6H3,(H4,22,23,24,25,26,27,28,29);;1H2/q;+4;/p-4. The van der Waals surface area contributed by atoms with Crippen LogP contribution >= 0.6 is 23.2 Å². The molecule has 0 spiro atoms. The number of nitrogens with zero attached hydrogens (tertiary/aromatic N) is 4. The minimum atomic E-state index is -1.68. The maximum atomic E-state index is 12.7. The van der Waals surface area contributed by atoms with Gasteiger partial charge in [-0.05, 0) is 13.8 Å². The first-order valence-corrected chi connectivity index (χ1v) is 9.39. The summed E-state index contributed by atoms with van der Waals surface area (Å²) in [6.45, 7) is 8.20. The molecule has 12 heteroatoms. The third-order valence-electron chi connectivity index (χ3n) is 4.34. The number of carbonyl (C=O) groups is 4. The Kier molecular flexibility index (Phi) is 9.17. The smallest absolute Gasteiger partial charge is 0.643 e. The second kappa shape index (κ2) is 9.75. The van der Waals surface area contributed by atoms with Gasteiger partial charge in [-0.2, -0.15) is 0 Å². The number of hydrogen-bond donors (Lipinski definition) is 0. The average molecular weight is 513 g/mol. The van der Waals surface area contributed by atoms with E-state index in [0.29, 0.717) is 0 Å². The zero-order valence-corrected chi connectivity index (χ0v) is 20.3. The molecule has 0 aliphatic carbocycles. The fourth-order valence-electron chi connectivity index (χ4n) is 2.17. The Morgan fingerprint density at radius 1 is 0.645 bits per heavy atom. The van der Waals surface area contributed by atoms with Crippen molar-refractivity contribution in [3.05, 3.63) is 43.4 Å². The third kappa shape index (κ3) is 6.11. The first kappa shape index (κ1) is 29.2. The summed E-state index contributed by atoms with van der Waals surface area (Å²) in [6.07, 6.45) is 0. The molecule has 0 unspecified atom stereocenters. The number of carbonyl (C=O) groups excluding carboxylic acids is 4. The van der Waals surface area contributed by atoms with Crippen LogP contribution < -0.4 is 0 Å². The molecule has 1 aromatic carbocycles. The van der Waals surface area contributed by atoms with Gasteiger partial charge in [0.05, 0.1) is 21.9 Å². The monoisotopic (exact) mass is 512 g/mol. The van der Waals surface area contributed by atoms with E-state index in [9.17, 15) is 19.2 Å². The van der Waals surface area contributed by atoms with E-state index >= 15 is 0 Å². The maximum absolute atomic E-state index is 12.7. The minimum Gasteiger partial charge on any atom is -0.643 e. The van der Waals surface area contributed by atoms with Crippen molar-refractivity contribution in [2.45, 2.75) is 52.6 Å². The SMILES string of the molecule is CC1(C)[N-]C(=O)C(C)(C)C(=O)[N-]C(C)(C)C(=O)[N-]c2cc(Cl)c(Cl)cc2[N-]C1=O.O.[Fe+4]. The predicted molar refractivity (Wildman–Crippen MR) is 115 cm³/mol. The maximum Gasteiger partial charge on any atom is 4.00 e. The Bertz CT molecular complexity index is 848. The first-order chi connectivity index (χ1) is 13.1. The number of amides is 4. The molecule has 0 saturated carbocycles. The second-order valence-corrected chi connectivity index (χ2v) is 8.98. The van der Waals surface area contributed by atoms with Crippen molar-refractivity contribution in [3.8, 4) is 0 Å². The van der Waals surface area contributed by atoms with Crippen LogP contribution in [0.15, 0.2) is 12.1 Å². The van der Waals surface area contributed by atoms with Gasteiger partial charge in [0.25, 0.3) is 0 Å². The number of halogens is 2. The van der Waals surface area contributed by atoms with Gasteiger partial charge in [-0.25, -0.2) is 0 Å². The zero-order chi connectivity index (χ0) is 22.4. The number of fused-ring (bicyclic) bond motifs is 1. The van der Waals surface area contributed by atoms with Crippen LogP contribution in [0.1, 0.15) is 41.5 Å². The van der Waals surface area contributed by atoms with Crippen molar-refractivity contribution in [1.82, 2.24) is 0 Å². The molecule has 9 nitrogen and oxygen atoms in total. The van der Waals surface area contributed by atoms with Gasteiger partial charge in [0.2, 0.25) is 0 Å². The topological polar surface area (TPSA) is 156 Å². The molecule has 1 heterocycles. The molecule has 2 rings (SSSR count). The van der Waals surface area contributed by atoms with E-state index in [1.54, 1.807) is 0 Å². The van der Waals surface area contributed by atoms with Crippen LogP contribution in [-0.2, 0) is 36.2 Å². The van der Waals surface area contributed by atoms with Crippen LogP contribution in [0.4, 0.5) is 11.4 Å². The van der Waals surface area contributed by atoms with Gasteiger partial charge in [0, 0.05) is 17.2 Å². The van der Waals surface area contributed by atoms with Crippen molar-refractivity contribution in [2.75, 3.05) is 0 Å². The van der Waals surface area contributed by atoms with E-state index in [0.717, 1.165) is 0 Å². The summed E-state index contributed by atoms with van der Waals surface area (Å²) in [4.78, 5) is 50.8. The predicted octanol–water partition coefficient (Wildman–Crippen LogP) is 4.63. The van der Waals surface area contributed by atoms with E-state index in [1.165, 1.54) is 53.7 Å². The quantitative estimate of drug-likeness (QED) is 0.366. The summed E-state index contributed by atoms with van der Waals surface area (Å²) in [6, 6.07) is 2.56. The summed E-state index contributed by atoms with van der Waals surface area (Å²) in [5, 5.41) is 15.9. The molecule has 0 bridgehead atoms. The van der Waals surface area contributed by atoms with Gasteiger partial charge in [0.15, 0.2) is 0 Å². The largest absolute Gasteiger partial charge is 4.00 e. The molecule has 1 aromatic rings. The van der Waals surface area contributed by atoms with Gasteiger partial charge in [0.1, 0.15) is 0 Å². The molecule has 1 aliphatic rings. The number of hydrogen-bond acceptors (Lipinski definition) is 4. The minimum absolute atomic E-state index is 0. The summed E-state index contributed by atoms with van der Waals surface area (Å²) < 4.78 is 0. The Labute approximate surface area is 201 Å². The Morgan fingerprint density at radius 2 is 0.935 bits per heavy atom. The van der Waals surface area contributed by atoms with Gasteiger partial charge >= 0.3 is 17.1 Å². The normalized spacial score (nSPS) is 19.9. The molecule has 4 amide bonds. The molecule has 0 aromatic heterocycles. The molecule has 170 valence electrons. The molecule has 0 fully saturated rings. The van der Waals surface area contributed by atoms with E-state index < -0.39 is 40.1 Å². The van der Waals surface area contributed by atoms with Crippen molar-refractivity contribution in [1.29, 1.82) is 0 Å². The second-order valence-electron chi connectivity index (χ2n) is 8.17. The number of benzene rings is 1. The van der Waals surface area contributed by atoms with Crippen LogP contribution in [-0.4, -0.2) is 40.2 Å². The van der Waals surface area contributed by atoms with Crippen molar-refractivity contribution in [2.24, 2.45) is 5.41 Å². The molecule has 0 saturated heterocycles. The Hall–Kier alpha value is -1.84. The van der Waals surface area contributed by atoms with Crippen LogP contribution in [0.2, 0.25) is 10.0 Å². The van der Waals surface area contributed by atoms with Crippen LogP contribution in [0.3, 0.4) is 0 Å². The summed E-state index contributed by atoms with van der Waals surface area (Å²) >= 11 is 12.0. The fourth-order valence-corrected chi connectivity index (χ4v) is 2.49. The summed E-state index contributed by atoms with van der Waals surface area (Å²) in [7, 11) is 0.